The molecular weight excluding hydrogens is 172 g/mol. The summed E-state index contributed by atoms with van der Waals surface area (Å²) >= 11 is 0. The highest BCUT2D eigenvalue weighted by molar-refractivity contribution is 5.85. The Labute approximate surface area is 79.4 Å². The lowest BCUT2D eigenvalue weighted by Crippen LogP contribution is -2.17. The Morgan fingerprint density at radius 2 is 1.75 bits per heavy atom. The molecule has 1 aromatic rings. The summed E-state index contributed by atoms with van der Waals surface area (Å²) in [7, 11) is 0. The zero-order valence-corrected chi connectivity index (χ0v) is 7.97. The van der Waals surface area contributed by atoms with Crippen molar-refractivity contribution in [3.05, 3.63) is 29.8 Å². The van der Waals surface area contributed by atoms with Gasteiger partial charge in [-0.2, -0.15) is 0 Å². The van der Waals surface area contributed by atoms with Crippen molar-refractivity contribution in [2.45, 2.75) is 19.4 Å². The number of halogens is 1. The minimum Gasteiger partial charge on any atom is -0.399 e. The summed E-state index contributed by atoms with van der Waals surface area (Å²) in [6, 6.07) is 8.05. The number of nitrogens with two attached hydrogens (primary N) is 2. The smallest absolute Gasteiger partial charge is 0.0314 e. The van der Waals surface area contributed by atoms with Gasteiger partial charge in [-0.15, -0.1) is 12.4 Å². The van der Waals surface area contributed by atoms with Gasteiger partial charge in [-0.3, -0.25) is 0 Å². The summed E-state index contributed by atoms with van der Waals surface area (Å²) in [6.07, 6.45) is 0.917. The van der Waals surface area contributed by atoms with Crippen molar-refractivity contribution >= 4 is 18.1 Å². The maximum atomic E-state index is 5.63. The van der Waals surface area contributed by atoms with Crippen LogP contribution in [0.5, 0.6) is 0 Å². The lowest BCUT2D eigenvalue weighted by atomic mass is 10.1. The summed E-state index contributed by atoms with van der Waals surface area (Å²) in [4.78, 5) is 0. The Kier molecular flexibility index (Phi) is 4.71. The normalized spacial score (nSPS) is 11.8. The average Bonchev–Trinajstić information content (AvgIpc) is 1.93. The van der Waals surface area contributed by atoms with Crippen molar-refractivity contribution in [1.29, 1.82) is 0 Å². The standard InChI is InChI=1S/C9H14N2.ClH/c1-7(10)6-8-2-4-9(11)5-3-8;/h2-5,7H,6,10-11H2,1H3;1H. The molecule has 0 heterocycles. The van der Waals surface area contributed by atoms with E-state index >= 15 is 0 Å². The SMILES string of the molecule is CC(N)Cc1ccc(N)cc1.Cl. The van der Waals surface area contributed by atoms with Crippen LogP contribution in [-0.2, 0) is 6.42 Å². The van der Waals surface area contributed by atoms with Crippen LogP contribution in [0.2, 0.25) is 0 Å². The molecule has 0 fully saturated rings. The van der Waals surface area contributed by atoms with Gasteiger partial charge >= 0.3 is 0 Å². The molecule has 1 atom stereocenters. The molecule has 0 saturated carbocycles. The van der Waals surface area contributed by atoms with Crippen LogP contribution in [-0.4, -0.2) is 6.04 Å². The molecule has 0 spiro atoms. The van der Waals surface area contributed by atoms with Crippen LogP contribution in [0.15, 0.2) is 24.3 Å². The molecule has 2 nitrogen and oxygen atoms in total. The minimum atomic E-state index is 0. The van der Waals surface area contributed by atoms with Gasteiger partial charge in [0.15, 0.2) is 0 Å². The molecule has 0 bridgehead atoms. The first-order chi connectivity index (χ1) is 5.18. The number of benzene rings is 1. The van der Waals surface area contributed by atoms with Crippen molar-refractivity contribution in [1.82, 2.24) is 0 Å². The molecule has 0 aliphatic heterocycles. The summed E-state index contributed by atoms with van der Waals surface area (Å²) in [5.41, 5.74) is 13.2. The second kappa shape index (κ2) is 5.01. The van der Waals surface area contributed by atoms with E-state index in [0.29, 0.717) is 0 Å². The Morgan fingerprint density at radius 1 is 1.25 bits per heavy atom. The van der Waals surface area contributed by atoms with Gasteiger partial charge < -0.3 is 11.5 Å². The van der Waals surface area contributed by atoms with E-state index in [1.54, 1.807) is 0 Å². The molecule has 1 rings (SSSR count). The first kappa shape index (κ1) is 11.3. The summed E-state index contributed by atoms with van der Waals surface area (Å²) in [5.74, 6) is 0. The quantitative estimate of drug-likeness (QED) is 0.690. The van der Waals surface area contributed by atoms with Crippen LogP contribution in [0.3, 0.4) is 0 Å². The van der Waals surface area contributed by atoms with Gasteiger partial charge in [-0.05, 0) is 31.0 Å². The van der Waals surface area contributed by atoms with Crippen molar-refractivity contribution in [2.24, 2.45) is 5.73 Å². The number of hydrogen-bond acceptors (Lipinski definition) is 2. The van der Waals surface area contributed by atoms with Gasteiger partial charge in [0, 0.05) is 11.7 Å². The van der Waals surface area contributed by atoms with Crippen LogP contribution in [0.1, 0.15) is 12.5 Å². The molecule has 3 heteroatoms. The van der Waals surface area contributed by atoms with Crippen LogP contribution in [0, 0.1) is 0 Å². The average molecular weight is 187 g/mol. The van der Waals surface area contributed by atoms with E-state index < -0.39 is 0 Å². The first-order valence-electron chi connectivity index (χ1n) is 3.78. The molecule has 1 unspecified atom stereocenters. The van der Waals surface area contributed by atoms with Crippen molar-refractivity contribution in [3.63, 3.8) is 0 Å². The molecule has 0 amide bonds. The van der Waals surface area contributed by atoms with Crippen molar-refractivity contribution < 1.29 is 0 Å². The molecule has 0 aromatic heterocycles. The van der Waals surface area contributed by atoms with Gasteiger partial charge in [0.2, 0.25) is 0 Å². The zero-order chi connectivity index (χ0) is 8.27. The third kappa shape index (κ3) is 3.60. The van der Waals surface area contributed by atoms with E-state index in [2.05, 4.69) is 0 Å². The van der Waals surface area contributed by atoms with E-state index in [9.17, 15) is 0 Å². The van der Waals surface area contributed by atoms with Gasteiger partial charge in [0.05, 0.1) is 0 Å². The van der Waals surface area contributed by atoms with Crippen molar-refractivity contribution in [2.75, 3.05) is 5.73 Å². The fourth-order valence-corrected chi connectivity index (χ4v) is 1.03. The second-order valence-electron chi connectivity index (χ2n) is 2.92. The van der Waals surface area contributed by atoms with Gasteiger partial charge in [-0.25, -0.2) is 0 Å². The maximum Gasteiger partial charge on any atom is 0.0314 e. The number of anilines is 1. The summed E-state index contributed by atoms with van der Waals surface area (Å²) < 4.78 is 0. The van der Waals surface area contributed by atoms with Crippen LogP contribution in [0.4, 0.5) is 5.69 Å². The van der Waals surface area contributed by atoms with Gasteiger partial charge in [-0.1, -0.05) is 12.1 Å². The van der Waals surface area contributed by atoms with E-state index in [4.69, 9.17) is 11.5 Å². The lowest BCUT2D eigenvalue weighted by Gasteiger charge is -2.04. The molecule has 0 aliphatic rings. The predicted octanol–water partition coefficient (Wildman–Crippen LogP) is 1.58. The highest BCUT2D eigenvalue weighted by atomic mass is 35.5. The zero-order valence-electron chi connectivity index (χ0n) is 7.16. The Hall–Kier alpha value is -0.730. The van der Waals surface area contributed by atoms with Crippen LogP contribution >= 0.6 is 12.4 Å². The topological polar surface area (TPSA) is 52.0 Å². The van der Waals surface area contributed by atoms with E-state index in [0.717, 1.165) is 12.1 Å². The molecule has 4 N–H and O–H groups in total. The fourth-order valence-electron chi connectivity index (χ4n) is 1.03. The van der Waals surface area contributed by atoms with Crippen LogP contribution < -0.4 is 11.5 Å². The summed E-state index contributed by atoms with van der Waals surface area (Å²) in [6.45, 7) is 2.00. The third-order valence-electron chi connectivity index (χ3n) is 1.54. The number of nitrogen functional groups attached to an aromatic ring is 1. The van der Waals surface area contributed by atoms with E-state index in [1.165, 1.54) is 5.56 Å². The van der Waals surface area contributed by atoms with Crippen LogP contribution in [0.25, 0.3) is 0 Å². The molecule has 12 heavy (non-hydrogen) atoms. The molecular formula is C9H15ClN2. The fraction of sp³-hybridized carbons (Fsp3) is 0.333. The summed E-state index contributed by atoms with van der Waals surface area (Å²) in [5, 5.41) is 0. The minimum absolute atomic E-state index is 0. The molecule has 0 aliphatic carbocycles. The third-order valence-corrected chi connectivity index (χ3v) is 1.54. The highest BCUT2D eigenvalue weighted by Crippen LogP contribution is 2.06. The Bertz CT molecular complexity index is 218. The molecule has 0 saturated heterocycles. The Morgan fingerprint density at radius 3 is 2.17 bits per heavy atom. The molecule has 1 aromatic carbocycles. The lowest BCUT2D eigenvalue weighted by molar-refractivity contribution is 0.738. The number of hydrogen-bond donors (Lipinski definition) is 2. The van der Waals surface area contributed by atoms with Crippen molar-refractivity contribution in [3.8, 4) is 0 Å². The maximum absolute atomic E-state index is 5.63. The monoisotopic (exact) mass is 186 g/mol. The molecule has 0 radical (unpaired) electrons. The predicted molar refractivity (Wildman–Crippen MR) is 55.5 cm³/mol. The van der Waals surface area contributed by atoms with E-state index in [-0.39, 0.29) is 18.4 Å². The van der Waals surface area contributed by atoms with E-state index in [1.807, 2.05) is 31.2 Å². The first-order valence-corrected chi connectivity index (χ1v) is 3.78. The Balaban J connectivity index is 0.00000121. The number of rotatable bonds is 2. The van der Waals surface area contributed by atoms with Gasteiger partial charge in [0.1, 0.15) is 0 Å². The van der Waals surface area contributed by atoms with Gasteiger partial charge in [0.25, 0.3) is 0 Å². The second-order valence-corrected chi connectivity index (χ2v) is 2.92. The highest BCUT2D eigenvalue weighted by Gasteiger charge is 1.95. The largest absolute Gasteiger partial charge is 0.399 e. The molecule has 68 valence electrons.